The van der Waals surface area contributed by atoms with E-state index in [0.717, 1.165) is 39.0 Å². The van der Waals surface area contributed by atoms with Crippen LogP contribution in [-0.4, -0.2) is 67.7 Å². The number of piperazine rings is 1. The number of nitrogens with two attached hydrogens (primary N) is 1. The number of carbonyl (C=O) groups excluding carboxylic acids is 1. The van der Waals surface area contributed by atoms with Gasteiger partial charge in [-0.2, -0.15) is 0 Å². The molecule has 0 unspecified atom stereocenters. The zero-order valence-corrected chi connectivity index (χ0v) is 12.8. The summed E-state index contributed by atoms with van der Waals surface area (Å²) < 4.78 is 5.64. The van der Waals surface area contributed by atoms with E-state index >= 15 is 0 Å². The van der Waals surface area contributed by atoms with Gasteiger partial charge in [-0.3, -0.25) is 4.79 Å². The fourth-order valence-corrected chi connectivity index (χ4v) is 3.07. The number of nitrogens with zero attached hydrogens (tertiary/aromatic N) is 2. The van der Waals surface area contributed by atoms with Crippen LogP contribution >= 0.6 is 0 Å². The van der Waals surface area contributed by atoms with Crippen molar-refractivity contribution < 1.29 is 9.53 Å². The van der Waals surface area contributed by atoms with Gasteiger partial charge in [0.2, 0.25) is 5.91 Å². The van der Waals surface area contributed by atoms with E-state index in [0.29, 0.717) is 6.61 Å². The molecule has 0 aromatic rings. The molecule has 1 aliphatic heterocycles. The van der Waals surface area contributed by atoms with Crippen molar-refractivity contribution in [2.75, 3.05) is 46.4 Å². The van der Waals surface area contributed by atoms with E-state index in [1.807, 2.05) is 4.90 Å². The van der Waals surface area contributed by atoms with E-state index in [2.05, 4.69) is 11.9 Å². The standard InChI is InChI=1S/C15H29N3O2/c1-17-8-10-18(11-9-17)14(19)12-20-13-15(16)6-4-2-3-5-7-15/h2-13,16H2,1H3. The Balaban J connectivity index is 1.68. The average Bonchev–Trinajstić information content (AvgIpc) is 2.64. The van der Waals surface area contributed by atoms with Gasteiger partial charge in [-0.05, 0) is 19.9 Å². The molecule has 5 heteroatoms. The van der Waals surface area contributed by atoms with Gasteiger partial charge in [-0.25, -0.2) is 0 Å². The number of amides is 1. The molecule has 1 saturated heterocycles. The molecule has 0 aromatic heterocycles. The van der Waals surface area contributed by atoms with E-state index < -0.39 is 0 Å². The Kier molecular flexibility index (Phi) is 5.81. The minimum Gasteiger partial charge on any atom is -0.370 e. The smallest absolute Gasteiger partial charge is 0.248 e. The molecule has 2 rings (SSSR count). The normalized spacial score (nSPS) is 24.4. The molecule has 20 heavy (non-hydrogen) atoms. The third kappa shape index (κ3) is 4.72. The van der Waals surface area contributed by atoms with Crippen molar-refractivity contribution in [2.24, 2.45) is 5.73 Å². The van der Waals surface area contributed by atoms with Gasteiger partial charge in [-0.15, -0.1) is 0 Å². The predicted octanol–water partition coefficient (Wildman–Crippen LogP) is 0.829. The molecule has 2 aliphatic rings. The van der Waals surface area contributed by atoms with Crippen molar-refractivity contribution in [2.45, 2.75) is 44.1 Å². The topological polar surface area (TPSA) is 58.8 Å². The van der Waals surface area contributed by atoms with Gasteiger partial charge in [0.05, 0.1) is 6.61 Å². The number of hydrogen-bond donors (Lipinski definition) is 1. The molecule has 1 amide bonds. The van der Waals surface area contributed by atoms with Gasteiger partial charge < -0.3 is 20.3 Å². The summed E-state index contributed by atoms with van der Waals surface area (Å²) in [6.45, 7) is 4.23. The van der Waals surface area contributed by atoms with Crippen molar-refractivity contribution in [1.82, 2.24) is 9.80 Å². The van der Waals surface area contributed by atoms with Crippen LogP contribution in [0.1, 0.15) is 38.5 Å². The lowest BCUT2D eigenvalue weighted by atomic mass is 9.93. The number of rotatable bonds is 4. The van der Waals surface area contributed by atoms with Crippen LogP contribution in [0.2, 0.25) is 0 Å². The summed E-state index contributed by atoms with van der Waals surface area (Å²) in [5, 5.41) is 0. The SMILES string of the molecule is CN1CCN(C(=O)COCC2(N)CCCCCC2)CC1. The first kappa shape index (κ1) is 15.7. The third-order valence-electron chi connectivity index (χ3n) is 4.57. The summed E-state index contributed by atoms with van der Waals surface area (Å²) in [5.74, 6) is 0.107. The van der Waals surface area contributed by atoms with Gasteiger partial charge in [0.25, 0.3) is 0 Å². The summed E-state index contributed by atoms with van der Waals surface area (Å²) >= 11 is 0. The monoisotopic (exact) mass is 283 g/mol. The van der Waals surface area contributed by atoms with E-state index in [1.165, 1.54) is 25.7 Å². The van der Waals surface area contributed by atoms with Crippen LogP contribution in [-0.2, 0) is 9.53 Å². The lowest BCUT2D eigenvalue weighted by molar-refractivity contribution is -0.138. The Morgan fingerprint density at radius 1 is 1.10 bits per heavy atom. The number of ether oxygens (including phenoxy) is 1. The number of carbonyl (C=O) groups is 1. The van der Waals surface area contributed by atoms with Crippen LogP contribution in [0.15, 0.2) is 0 Å². The van der Waals surface area contributed by atoms with E-state index in [9.17, 15) is 4.79 Å². The van der Waals surface area contributed by atoms with Gasteiger partial charge in [0.1, 0.15) is 6.61 Å². The van der Waals surface area contributed by atoms with Crippen LogP contribution in [0.25, 0.3) is 0 Å². The second kappa shape index (κ2) is 7.38. The fourth-order valence-electron chi connectivity index (χ4n) is 3.07. The first-order valence-electron chi connectivity index (χ1n) is 7.92. The molecule has 0 atom stereocenters. The highest BCUT2D eigenvalue weighted by Crippen LogP contribution is 2.25. The Morgan fingerprint density at radius 2 is 1.70 bits per heavy atom. The molecule has 1 heterocycles. The zero-order chi connectivity index (χ0) is 14.4. The van der Waals surface area contributed by atoms with Crippen LogP contribution in [0.4, 0.5) is 0 Å². The van der Waals surface area contributed by atoms with E-state index in [4.69, 9.17) is 10.5 Å². The summed E-state index contributed by atoms with van der Waals surface area (Å²) in [5.41, 5.74) is 6.18. The minimum atomic E-state index is -0.209. The number of likely N-dealkylation sites (N-methyl/N-ethyl adjacent to an activating group) is 1. The molecule has 0 spiro atoms. The molecule has 2 fully saturated rings. The highest BCUT2D eigenvalue weighted by molar-refractivity contribution is 5.77. The highest BCUT2D eigenvalue weighted by Gasteiger charge is 2.27. The van der Waals surface area contributed by atoms with Crippen molar-refractivity contribution in [3.8, 4) is 0 Å². The first-order chi connectivity index (χ1) is 9.59. The number of hydrogen-bond acceptors (Lipinski definition) is 4. The van der Waals surface area contributed by atoms with E-state index in [1.54, 1.807) is 0 Å². The molecule has 0 aromatic carbocycles. The van der Waals surface area contributed by atoms with E-state index in [-0.39, 0.29) is 18.1 Å². The maximum absolute atomic E-state index is 12.1. The van der Waals surface area contributed by atoms with Crippen molar-refractivity contribution in [1.29, 1.82) is 0 Å². The van der Waals surface area contributed by atoms with Crippen molar-refractivity contribution in [3.05, 3.63) is 0 Å². The minimum absolute atomic E-state index is 0.107. The largest absolute Gasteiger partial charge is 0.370 e. The van der Waals surface area contributed by atoms with Gasteiger partial charge in [0.15, 0.2) is 0 Å². The van der Waals surface area contributed by atoms with Crippen molar-refractivity contribution in [3.63, 3.8) is 0 Å². The van der Waals surface area contributed by atoms with Crippen LogP contribution in [0.3, 0.4) is 0 Å². The van der Waals surface area contributed by atoms with Gasteiger partial charge in [-0.1, -0.05) is 25.7 Å². The summed E-state index contributed by atoms with van der Waals surface area (Å²) in [7, 11) is 2.09. The molecule has 1 aliphatic carbocycles. The summed E-state index contributed by atoms with van der Waals surface area (Å²) in [4.78, 5) is 16.2. The van der Waals surface area contributed by atoms with Gasteiger partial charge in [0, 0.05) is 31.7 Å². The lowest BCUT2D eigenvalue weighted by Gasteiger charge is -2.33. The summed E-state index contributed by atoms with van der Waals surface area (Å²) in [6.07, 6.45) is 6.97. The van der Waals surface area contributed by atoms with Crippen LogP contribution in [0.5, 0.6) is 0 Å². The summed E-state index contributed by atoms with van der Waals surface area (Å²) in [6, 6.07) is 0. The van der Waals surface area contributed by atoms with Crippen LogP contribution < -0.4 is 5.73 Å². The second-order valence-electron chi connectivity index (χ2n) is 6.45. The zero-order valence-electron chi connectivity index (χ0n) is 12.8. The average molecular weight is 283 g/mol. The molecule has 1 saturated carbocycles. The Bertz CT molecular complexity index is 306. The predicted molar refractivity (Wildman–Crippen MR) is 79.5 cm³/mol. The van der Waals surface area contributed by atoms with Crippen molar-refractivity contribution >= 4 is 5.91 Å². The Morgan fingerprint density at radius 3 is 2.30 bits per heavy atom. The van der Waals surface area contributed by atoms with Gasteiger partial charge >= 0.3 is 0 Å². The maximum Gasteiger partial charge on any atom is 0.248 e. The highest BCUT2D eigenvalue weighted by atomic mass is 16.5. The lowest BCUT2D eigenvalue weighted by Crippen LogP contribution is -2.49. The Labute approximate surface area is 122 Å². The molecule has 0 bridgehead atoms. The molecule has 5 nitrogen and oxygen atoms in total. The molecular weight excluding hydrogens is 254 g/mol. The molecule has 0 radical (unpaired) electrons. The quantitative estimate of drug-likeness (QED) is 0.776. The Hall–Kier alpha value is -0.650. The first-order valence-corrected chi connectivity index (χ1v) is 7.92. The maximum atomic E-state index is 12.1. The van der Waals surface area contributed by atoms with Crippen LogP contribution in [0, 0.1) is 0 Å². The molecular formula is C15H29N3O2. The molecule has 2 N–H and O–H groups in total. The molecule has 116 valence electrons. The fraction of sp³-hybridized carbons (Fsp3) is 0.933. The second-order valence-corrected chi connectivity index (χ2v) is 6.45. The third-order valence-corrected chi connectivity index (χ3v) is 4.57.